The standard InChI is InChI=1S/C15H23F2N3O4/c1-12(2,23-6)14(4)13(3,22)15(16,17)10(24-14)20-8-7-9(18-5)19-11(20)21/h7-8,10,22H,1-6H3,(H,18,19,21)/t10-,13-,14-/m1/s1/i7D,8D. The van der Waals surface area contributed by atoms with E-state index in [0.717, 1.165) is 6.92 Å². The summed E-state index contributed by atoms with van der Waals surface area (Å²) in [7, 11) is 2.57. The van der Waals surface area contributed by atoms with Gasteiger partial charge in [0.25, 0.3) is 0 Å². The van der Waals surface area contributed by atoms with Gasteiger partial charge in [0.15, 0.2) is 5.60 Å². The topological polar surface area (TPSA) is 88.8 Å². The highest BCUT2D eigenvalue weighted by Crippen LogP contribution is 2.58. The predicted molar refractivity (Wildman–Crippen MR) is 81.7 cm³/mol. The normalized spacial score (nSPS) is 35.0. The molecule has 136 valence electrons. The zero-order chi connectivity index (χ0) is 20.3. The number of hydrogen-bond donors (Lipinski definition) is 2. The molecule has 0 bridgehead atoms. The summed E-state index contributed by atoms with van der Waals surface area (Å²) >= 11 is 0. The first-order valence-corrected chi connectivity index (χ1v) is 7.27. The number of alkyl halides is 2. The van der Waals surface area contributed by atoms with E-state index in [1.807, 2.05) is 0 Å². The van der Waals surface area contributed by atoms with Gasteiger partial charge in [-0.3, -0.25) is 14.5 Å². The lowest BCUT2D eigenvalue weighted by molar-refractivity contribution is -0.235. The van der Waals surface area contributed by atoms with Gasteiger partial charge < -0.3 is 14.6 Å². The van der Waals surface area contributed by atoms with Crippen LogP contribution in [0.3, 0.4) is 0 Å². The van der Waals surface area contributed by atoms with Crippen LogP contribution in [-0.2, 0) is 9.47 Å². The van der Waals surface area contributed by atoms with Crippen LogP contribution in [0.5, 0.6) is 0 Å². The van der Waals surface area contributed by atoms with Gasteiger partial charge >= 0.3 is 11.6 Å². The van der Waals surface area contributed by atoms with E-state index in [1.54, 1.807) is 0 Å². The molecular formula is C15H23F2N3O4. The SMILES string of the molecule is [2H]c1c([2H])n([C@@H]2O[C@](C)(C(C)(C)OC)[C@@](C)(O)C2(F)F)c(=O)[nH]c1=NC. The number of aromatic nitrogens is 2. The van der Waals surface area contributed by atoms with Gasteiger partial charge in [0.1, 0.15) is 11.1 Å². The third-order valence-electron chi connectivity index (χ3n) is 5.09. The van der Waals surface area contributed by atoms with Crippen molar-refractivity contribution in [3.8, 4) is 0 Å². The molecule has 2 rings (SSSR count). The Kier molecular flexibility index (Phi) is 3.63. The van der Waals surface area contributed by atoms with Crippen LogP contribution in [0.2, 0.25) is 0 Å². The molecule has 0 radical (unpaired) electrons. The molecule has 1 aromatic heterocycles. The number of H-pyrrole nitrogens is 1. The fourth-order valence-electron chi connectivity index (χ4n) is 2.74. The van der Waals surface area contributed by atoms with Gasteiger partial charge in [-0.05, 0) is 33.7 Å². The lowest BCUT2D eigenvalue weighted by Gasteiger charge is -2.46. The summed E-state index contributed by atoms with van der Waals surface area (Å²) in [6.45, 7) is 5.07. The highest BCUT2D eigenvalue weighted by atomic mass is 19.3. The van der Waals surface area contributed by atoms with Gasteiger partial charge in [-0.2, -0.15) is 8.78 Å². The average Bonchev–Trinajstić information content (AvgIpc) is 2.69. The minimum atomic E-state index is -3.97. The number of aromatic amines is 1. The number of methoxy groups -OCH3 is 1. The quantitative estimate of drug-likeness (QED) is 0.845. The number of aliphatic hydroxyl groups is 1. The third-order valence-corrected chi connectivity index (χ3v) is 5.09. The van der Waals surface area contributed by atoms with Crippen molar-refractivity contribution in [2.45, 2.75) is 56.6 Å². The number of nitrogens with zero attached hydrogens (tertiary/aromatic N) is 2. The van der Waals surface area contributed by atoms with E-state index in [0.29, 0.717) is 4.57 Å². The molecule has 2 N–H and O–H groups in total. The van der Waals surface area contributed by atoms with Gasteiger partial charge in [0, 0.05) is 20.3 Å². The maximum absolute atomic E-state index is 15.1. The zero-order valence-corrected chi connectivity index (χ0v) is 14.4. The third kappa shape index (κ3) is 2.26. The van der Waals surface area contributed by atoms with E-state index in [4.69, 9.17) is 12.2 Å². The smallest absolute Gasteiger partial charge is 0.329 e. The molecule has 24 heavy (non-hydrogen) atoms. The Labute approximate surface area is 140 Å². The van der Waals surface area contributed by atoms with Gasteiger partial charge in [0.05, 0.1) is 8.34 Å². The summed E-state index contributed by atoms with van der Waals surface area (Å²) in [5, 5.41) is 10.7. The van der Waals surface area contributed by atoms with Crippen molar-refractivity contribution in [2.75, 3.05) is 14.2 Å². The van der Waals surface area contributed by atoms with Crippen molar-refractivity contribution >= 4 is 0 Å². The van der Waals surface area contributed by atoms with Crippen molar-refractivity contribution in [1.82, 2.24) is 9.55 Å². The molecule has 1 saturated heterocycles. The van der Waals surface area contributed by atoms with E-state index in [-0.39, 0.29) is 5.49 Å². The Morgan fingerprint density at radius 2 is 2.12 bits per heavy atom. The molecule has 7 nitrogen and oxygen atoms in total. The molecule has 0 aromatic carbocycles. The Morgan fingerprint density at radius 1 is 1.54 bits per heavy atom. The second-order valence-corrected chi connectivity index (χ2v) is 6.52. The molecule has 1 fully saturated rings. The fraction of sp³-hybridized carbons (Fsp3) is 0.733. The van der Waals surface area contributed by atoms with E-state index >= 15 is 8.78 Å². The number of halogens is 2. The van der Waals surface area contributed by atoms with Crippen LogP contribution in [0.4, 0.5) is 8.78 Å². The summed E-state index contributed by atoms with van der Waals surface area (Å²) in [6, 6.07) is -0.550. The molecule has 0 amide bonds. The maximum atomic E-state index is 15.1. The average molecular weight is 349 g/mol. The number of nitrogens with one attached hydrogen (secondary N) is 1. The maximum Gasteiger partial charge on any atom is 0.329 e. The lowest BCUT2D eigenvalue weighted by Crippen LogP contribution is -2.65. The van der Waals surface area contributed by atoms with Gasteiger partial charge in [0.2, 0.25) is 6.23 Å². The number of hydrogen-bond acceptors (Lipinski definition) is 5. The molecule has 1 aliphatic heterocycles. The molecule has 2 heterocycles. The van der Waals surface area contributed by atoms with Crippen LogP contribution >= 0.6 is 0 Å². The first-order chi connectivity index (χ1) is 11.7. The Morgan fingerprint density at radius 3 is 2.62 bits per heavy atom. The highest BCUT2D eigenvalue weighted by molar-refractivity contribution is 5.18. The molecule has 0 aliphatic carbocycles. The minimum Gasteiger partial charge on any atom is -0.381 e. The van der Waals surface area contributed by atoms with Crippen LogP contribution in [0, 0.1) is 0 Å². The summed E-state index contributed by atoms with van der Waals surface area (Å²) < 4.78 is 57.1. The van der Waals surface area contributed by atoms with Crippen molar-refractivity contribution in [2.24, 2.45) is 4.99 Å². The summed E-state index contributed by atoms with van der Waals surface area (Å²) in [4.78, 5) is 18.1. The molecule has 0 spiro atoms. The second kappa shape index (κ2) is 5.47. The molecule has 9 heteroatoms. The minimum absolute atomic E-state index is 0.218. The van der Waals surface area contributed by atoms with Crippen molar-refractivity contribution in [1.29, 1.82) is 0 Å². The van der Waals surface area contributed by atoms with Crippen molar-refractivity contribution in [3.05, 3.63) is 28.2 Å². The first-order valence-electron chi connectivity index (χ1n) is 8.27. The van der Waals surface area contributed by atoms with Crippen LogP contribution < -0.4 is 11.2 Å². The van der Waals surface area contributed by atoms with Crippen molar-refractivity contribution < 1.29 is 26.1 Å². The zero-order valence-electron chi connectivity index (χ0n) is 16.4. The summed E-state index contributed by atoms with van der Waals surface area (Å²) in [5.74, 6) is -3.97. The number of ether oxygens (including phenoxy) is 2. The predicted octanol–water partition coefficient (Wildman–Crippen LogP) is 0.806. The summed E-state index contributed by atoms with van der Waals surface area (Å²) in [5.41, 5.74) is -7.38. The van der Waals surface area contributed by atoms with Crippen LogP contribution in [0.15, 0.2) is 22.0 Å². The van der Waals surface area contributed by atoms with Gasteiger partial charge in [-0.1, -0.05) is 0 Å². The number of rotatable bonds is 3. The van der Waals surface area contributed by atoms with Crippen molar-refractivity contribution in [3.63, 3.8) is 0 Å². The molecule has 1 aromatic rings. The van der Waals surface area contributed by atoms with Crippen LogP contribution in [-0.4, -0.2) is 51.5 Å². The summed E-state index contributed by atoms with van der Waals surface area (Å²) in [6.07, 6.45) is -3.13. The fourth-order valence-corrected chi connectivity index (χ4v) is 2.74. The molecule has 1 aliphatic rings. The molecule has 3 atom stereocenters. The molecular weight excluding hydrogens is 324 g/mol. The second-order valence-electron chi connectivity index (χ2n) is 6.52. The largest absolute Gasteiger partial charge is 0.381 e. The Balaban J connectivity index is 2.79. The van der Waals surface area contributed by atoms with Gasteiger partial charge in [-0.15, -0.1) is 0 Å². The first kappa shape index (κ1) is 15.9. The van der Waals surface area contributed by atoms with E-state index in [1.165, 1.54) is 34.9 Å². The van der Waals surface area contributed by atoms with Crippen LogP contribution in [0.1, 0.15) is 36.7 Å². The highest BCUT2D eigenvalue weighted by Gasteiger charge is 2.76. The Hall–Kier alpha value is -1.58. The van der Waals surface area contributed by atoms with E-state index < -0.39 is 46.9 Å². The molecule has 0 unspecified atom stereocenters. The monoisotopic (exact) mass is 349 g/mol. The Bertz CT molecular complexity index is 850. The lowest BCUT2D eigenvalue weighted by atomic mass is 9.73. The van der Waals surface area contributed by atoms with Crippen LogP contribution in [0.25, 0.3) is 0 Å². The van der Waals surface area contributed by atoms with E-state index in [9.17, 15) is 9.90 Å². The van der Waals surface area contributed by atoms with E-state index in [2.05, 4.69) is 9.98 Å². The van der Waals surface area contributed by atoms with Gasteiger partial charge in [-0.25, -0.2) is 4.79 Å². The molecule has 0 saturated carbocycles.